The van der Waals surface area contributed by atoms with Gasteiger partial charge in [-0.1, -0.05) is 23.2 Å². The van der Waals surface area contributed by atoms with Gasteiger partial charge >= 0.3 is 0 Å². The second-order valence-corrected chi connectivity index (χ2v) is 7.31. The fourth-order valence-corrected chi connectivity index (χ4v) is 4.56. The minimum Gasteiger partial charge on any atom is -0.394 e. The number of aliphatic hydroxyl groups excluding tert-OH is 1. The lowest BCUT2D eigenvalue weighted by molar-refractivity contribution is 0.267. The molecule has 0 spiro atoms. The average Bonchev–Trinajstić information content (AvgIpc) is 2.64. The molecule has 5 nitrogen and oxygen atoms in total. The van der Waals surface area contributed by atoms with Crippen LogP contribution in [0.25, 0.3) is 0 Å². The Kier molecular flexibility index (Phi) is 4.63. The Morgan fingerprint density at radius 3 is 2.29 bits per heavy atom. The lowest BCUT2D eigenvalue weighted by Crippen LogP contribution is -2.08. The summed E-state index contributed by atoms with van der Waals surface area (Å²) in [6, 6.07) is 4.17. The van der Waals surface area contributed by atoms with Crippen molar-refractivity contribution < 1.29 is 13.5 Å². The third-order valence-corrected chi connectivity index (χ3v) is 5.46. The smallest absolute Gasteiger partial charge is 0.210 e. The molecule has 1 aromatic carbocycles. The van der Waals surface area contributed by atoms with E-state index in [4.69, 9.17) is 28.3 Å². The van der Waals surface area contributed by atoms with E-state index in [1.54, 1.807) is 13.8 Å². The topological polar surface area (TPSA) is 72.2 Å². The summed E-state index contributed by atoms with van der Waals surface area (Å²) >= 11 is 11.8. The first-order chi connectivity index (χ1) is 9.77. The van der Waals surface area contributed by atoms with Gasteiger partial charge in [0.05, 0.1) is 29.4 Å². The Bertz CT molecular complexity index is 765. The van der Waals surface area contributed by atoms with Crippen molar-refractivity contribution in [2.45, 2.75) is 30.2 Å². The SMILES string of the molecule is Cc1nn(CCO)c(C)c1S(=O)(=O)c1cc(Cl)cc(Cl)c1. The van der Waals surface area contributed by atoms with Crippen LogP contribution in [0.1, 0.15) is 11.4 Å². The Labute approximate surface area is 133 Å². The number of hydrogen-bond donors (Lipinski definition) is 1. The molecule has 0 fully saturated rings. The molecule has 2 rings (SSSR count). The minimum absolute atomic E-state index is 0.0229. The summed E-state index contributed by atoms with van der Waals surface area (Å²) in [4.78, 5) is 0.143. The van der Waals surface area contributed by atoms with Crippen molar-refractivity contribution in [2.75, 3.05) is 6.61 Å². The zero-order valence-electron chi connectivity index (χ0n) is 11.5. The van der Waals surface area contributed by atoms with Crippen molar-refractivity contribution in [1.82, 2.24) is 9.78 Å². The van der Waals surface area contributed by atoms with Crippen molar-refractivity contribution >= 4 is 33.0 Å². The van der Waals surface area contributed by atoms with E-state index in [1.165, 1.54) is 22.9 Å². The van der Waals surface area contributed by atoms with Gasteiger partial charge in [0, 0.05) is 10.0 Å². The lowest BCUT2D eigenvalue weighted by Gasteiger charge is -2.07. The third-order valence-electron chi connectivity index (χ3n) is 3.04. The highest BCUT2D eigenvalue weighted by atomic mass is 35.5. The normalized spacial score (nSPS) is 11.9. The van der Waals surface area contributed by atoms with Crippen LogP contribution < -0.4 is 0 Å². The molecule has 1 aromatic heterocycles. The number of benzene rings is 1. The zero-order valence-corrected chi connectivity index (χ0v) is 13.8. The van der Waals surface area contributed by atoms with Crippen molar-refractivity contribution in [1.29, 1.82) is 0 Å². The van der Waals surface area contributed by atoms with E-state index in [9.17, 15) is 8.42 Å². The van der Waals surface area contributed by atoms with Crippen LogP contribution in [0, 0.1) is 13.8 Å². The van der Waals surface area contributed by atoms with Gasteiger partial charge in [0.2, 0.25) is 9.84 Å². The van der Waals surface area contributed by atoms with Gasteiger partial charge < -0.3 is 5.11 Å². The maximum Gasteiger partial charge on any atom is 0.210 e. The van der Waals surface area contributed by atoms with Crippen LogP contribution in [-0.4, -0.2) is 29.9 Å². The first-order valence-electron chi connectivity index (χ1n) is 6.13. The number of rotatable bonds is 4. The molecule has 0 radical (unpaired) electrons. The molecule has 2 aromatic rings. The molecule has 1 heterocycles. The van der Waals surface area contributed by atoms with Crippen LogP contribution in [-0.2, 0) is 16.4 Å². The number of sulfone groups is 1. The molecule has 114 valence electrons. The molecule has 0 aliphatic carbocycles. The summed E-state index contributed by atoms with van der Waals surface area (Å²) in [6.45, 7) is 3.37. The van der Waals surface area contributed by atoms with Gasteiger partial charge in [-0.3, -0.25) is 4.68 Å². The van der Waals surface area contributed by atoms with Gasteiger partial charge in [0.25, 0.3) is 0 Å². The lowest BCUT2D eigenvalue weighted by atomic mass is 10.4. The number of aromatic nitrogens is 2. The predicted molar refractivity (Wildman–Crippen MR) is 80.7 cm³/mol. The summed E-state index contributed by atoms with van der Waals surface area (Å²) in [5.41, 5.74) is 0.842. The van der Waals surface area contributed by atoms with Crippen LogP contribution in [0.15, 0.2) is 28.0 Å². The summed E-state index contributed by atoms with van der Waals surface area (Å²) in [7, 11) is -3.78. The standard InChI is InChI=1S/C13H14Cl2N2O3S/c1-8-13(9(2)17(16-8)3-4-18)21(19,20)12-6-10(14)5-11(15)7-12/h5-7,18H,3-4H2,1-2H3. The highest BCUT2D eigenvalue weighted by Crippen LogP contribution is 2.30. The van der Waals surface area contributed by atoms with E-state index in [0.717, 1.165) is 0 Å². The van der Waals surface area contributed by atoms with Gasteiger partial charge in [0.15, 0.2) is 0 Å². The predicted octanol–water partition coefficient (Wildman–Crippen LogP) is 2.63. The molecule has 8 heteroatoms. The Hall–Kier alpha value is -1.08. The highest BCUT2D eigenvalue weighted by Gasteiger charge is 2.27. The molecule has 21 heavy (non-hydrogen) atoms. The average molecular weight is 349 g/mol. The Morgan fingerprint density at radius 1 is 1.19 bits per heavy atom. The van der Waals surface area contributed by atoms with Gasteiger partial charge in [-0.15, -0.1) is 0 Å². The summed E-state index contributed by atoms with van der Waals surface area (Å²) in [6.07, 6.45) is 0. The van der Waals surface area contributed by atoms with E-state index in [1.807, 2.05) is 0 Å². The van der Waals surface area contributed by atoms with Gasteiger partial charge in [-0.05, 0) is 32.0 Å². The maximum atomic E-state index is 12.8. The van der Waals surface area contributed by atoms with Crippen molar-refractivity contribution in [2.24, 2.45) is 0 Å². The molecule has 0 saturated carbocycles. The molecule has 0 bridgehead atoms. The molecular formula is C13H14Cl2N2O3S. The number of halogens is 2. The van der Waals surface area contributed by atoms with Crippen molar-refractivity contribution in [3.8, 4) is 0 Å². The first kappa shape index (κ1) is 16.3. The Morgan fingerprint density at radius 2 is 1.76 bits per heavy atom. The molecule has 0 amide bonds. The molecular weight excluding hydrogens is 335 g/mol. The largest absolute Gasteiger partial charge is 0.394 e. The summed E-state index contributed by atoms with van der Waals surface area (Å²) < 4.78 is 27.0. The quantitative estimate of drug-likeness (QED) is 0.921. The number of hydrogen-bond acceptors (Lipinski definition) is 4. The maximum absolute atomic E-state index is 12.8. The third kappa shape index (κ3) is 3.08. The number of aryl methyl sites for hydroxylation is 1. The first-order valence-corrected chi connectivity index (χ1v) is 8.37. The minimum atomic E-state index is -3.78. The fourth-order valence-electron chi connectivity index (χ4n) is 2.18. The van der Waals surface area contributed by atoms with E-state index in [0.29, 0.717) is 11.4 Å². The van der Waals surface area contributed by atoms with Crippen LogP contribution in [0.4, 0.5) is 0 Å². The molecule has 0 aliphatic heterocycles. The molecule has 1 N–H and O–H groups in total. The van der Waals surface area contributed by atoms with Crippen LogP contribution in [0.5, 0.6) is 0 Å². The summed E-state index contributed by atoms with van der Waals surface area (Å²) in [5.74, 6) is 0. The van der Waals surface area contributed by atoms with Gasteiger partial charge in [-0.25, -0.2) is 8.42 Å². The zero-order chi connectivity index (χ0) is 15.8. The van der Waals surface area contributed by atoms with Crippen LogP contribution >= 0.6 is 23.2 Å². The summed E-state index contributed by atoms with van der Waals surface area (Å²) in [5, 5.41) is 13.6. The second-order valence-electron chi connectivity index (χ2n) is 4.56. The van der Waals surface area contributed by atoms with Crippen LogP contribution in [0.2, 0.25) is 10.0 Å². The molecule has 0 atom stereocenters. The van der Waals surface area contributed by atoms with Crippen molar-refractivity contribution in [3.63, 3.8) is 0 Å². The van der Waals surface area contributed by atoms with E-state index in [2.05, 4.69) is 5.10 Å². The second kappa shape index (κ2) is 5.96. The molecule has 0 unspecified atom stereocenters. The van der Waals surface area contributed by atoms with Gasteiger partial charge in [0.1, 0.15) is 4.90 Å². The van der Waals surface area contributed by atoms with Gasteiger partial charge in [-0.2, -0.15) is 5.10 Å². The molecule has 0 aliphatic rings. The number of aliphatic hydroxyl groups is 1. The van der Waals surface area contributed by atoms with Crippen LogP contribution in [0.3, 0.4) is 0 Å². The molecule has 0 saturated heterocycles. The Balaban J connectivity index is 2.64. The monoisotopic (exact) mass is 348 g/mol. The van der Waals surface area contributed by atoms with E-state index >= 15 is 0 Å². The number of nitrogens with zero attached hydrogens (tertiary/aromatic N) is 2. The fraction of sp³-hybridized carbons (Fsp3) is 0.308. The van der Waals surface area contributed by atoms with E-state index in [-0.39, 0.29) is 33.0 Å². The van der Waals surface area contributed by atoms with E-state index < -0.39 is 9.84 Å². The highest BCUT2D eigenvalue weighted by molar-refractivity contribution is 7.91. The van der Waals surface area contributed by atoms with Crippen molar-refractivity contribution in [3.05, 3.63) is 39.6 Å².